The second-order valence-corrected chi connectivity index (χ2v) is 63.5. The van der Waals surface area contributed by atoms with Gasteiger partial charge in [0, 0.05) is 29.1 Å². The highest BCUT2D eigenvalue weighted by atomic mass is 17.2. The van der Waals surface area contributed by atoms with Gasteiger partial charge in [0.2, 0.25) is 0 Å². The van der Waals surface area contributed by atoms with Crippen molar-refractivity contribution < 1.29 is 67.8 Å². The fourth-order valence-electron chi connectivity index (χ4n) is 40.3. The van der Waals surface area contributed by atoms with E-state index in [2.05, 4.69) is 272 Å². The van der Waals surface area contributed by atoms with Gasteiger partial charge < -0.3 is 18.9 Å². The number of ether oxygens (including phenoxy) is 4. The second kappa shape index (κ2) is 43.6. The Balaban J connectivity index is 0.000000122. The van der Waals surface area contributed by atoms with Crippen LogP contribution < -0.4 is 0 Å². The molecule has 14 nitrogen and oxygen atoms in total. The topological polar surface area (TPSA) is 129 Å². The predicted molar refractivity (Wildman–Crippen MR) is 608 cm³/mol. The van der Waals surface area contributed by atoms with Gasteiger partial charge in [-0.25, -0.2) is 48.9 Å². The van der Waals surface area contributed by atoms with Crippen LogP contribution in [0.15, 0.2) is 70.4 Å². The molecule has 17 fully saturated rings. The Morgan fingerprint density at radius 1 is 0.300 bits per heavy atom. The zero-order valence-electron chi connectivity index (χ0n) is 103. The van der Waals surface area contributed by atoms with Gasteiger partial charge in [-0.3, -0.25) is 0 Å². The van der Waals surface area contributed by atoms with Crippen molar-refractivity contribution in [3.63, 3.8) is 0 Å². The SMILES string of the molecule is C=C1CC[C@H]2[C@@H]3CC[C@@H]4C[C@H](C)CC[C@]4(C)C3=CC(OOC(C)(C)C)[C@]12C.CCC[C@@H](C)[C@H]1CC[C@H]2[C@@H]3CC[C@@H]4C[C@H](C)CC[C@]4(C)C3=CC(OOC(C)(C)C)[C@]12C.CCC[C@@H](C)[C@H]1CC[C@H]2[C@@H]3CC[C@@H]4C[C@H](C)CC[C@]4(C)C3=CC(OOC(C)(C)C)[C@]12C.C[C@@H]1CC[C@]2(C)C3=CC(OOC(C)(C)C)[C@@]4(C)[C@@H](CCC45OCCCO5)[C@@H]3CC[C@@H]2C1.C[C@@H]1CC[C@]2(C)C3=CC(OOC(C)(C)C)[C@@]4(C)[C@@H](CCC45OCCO5)[C@@H]3CC[C@@H]2C1. The molecule has 2 heterocycles. The molecule has 2 spiro atoms. The number of hydrogen-bond donors (Lipinski definition) is 0. The molecule has 854 valence electrons. The molecule has 0 bridgehead atoms. The minimum atomic E-state index is -0.539. The monoisotopic (exact) mass is 2080 g/mol. The first kappa shape index (κ1) is 117. The van der Waals surface area contributed by atoms with Crippen molar-refractivity contribution in [3.8, 4) is 0 Å². The fourth-order valence-corrected chi connectivity index (χ4v) is 40.3. The van der Waals surface area contributed by atoms with Crippen molar-refractivity contribution in [1.29, 1.82) is 0 Å². The summed E-state index contributed by atoms with van der Waals surface area (Å²) in [4.78, 5) is 61.6. The summed E-state index contributed by atoms with van der Waals surface area (Å²) in [6.07, 6.45) is 65.3. The maximum absolute atomic E-state index is 6.50. The van der Waals surface area contributed by atoms with Crippen molar-refractivity contribution in [2.45, 2.75) is 562 Å². The summed E-state index contributed by atoms with van der Waals surface area (Å²) in [7, 11) is 0. The first-order valence-corrected chi connectivity index (χ1v) is 63.8. The summed E-state index contributed by atoms with van der Waals surface area (Å²) in [6.45, 7) is 85.8. The van der Waals surface area contributed by atoms with E-state index in [0.717, 1.165) is 164 Å². The highest BCUT2D eigenvalue weighted by Gasteiger charge is 2.74. The lowest BCUT2D eigenvalue weighted by Crippen LogP contribution is -2.61. The molecule has 0 aromatic rings. The molecule has 0 aromatic carbocycles. The van der Waals surface area contributed by atoms with E-state index in [0.29, 0.717) is 69.9 Å². The molecule has 5 unspecified atom stereocenters. The van der Waals surface area contributed by atoms with E-state index in [-0.39, 0.29) is 85.6 Å². The lowest BCUT2D eigenvalue weighted by molar-refractivity contribution is -0.413. The summed E-state index contributed by atoms with van der Waals surface area (Å²) < 4.78 is 25.7. The van der Waals surface area contributed by atoms with E-state index in [4.69, 9.17) is 67.8 Å². The second-order valence-electron chi connectivity index (χ2n) is 63.5. The van der Waals surface area contributed by atoms with E-state index < -0.39 is 11.6 Å². The first-order chi connectivity index (χ1) is 70.2. The molecule has 2 aliphatic heterocycles. The highest BCUT2D eigenvalue weighted by Crippen LogP contribution is 2.76. The summed E-state index contributed by atoms with van der Waals surface area (Å²) in [5.74, 6) is 17.3. The van der Waals surface area contributed by atoms with E-state index in [1.54, 1.807) is 27.9 Å². The molecule has 15 saturated carbocycles. The number of allylic oxidation sites excluding steroid dienone is 5. The molecule has 0 aromatic heterocycles. The maximum atomic E-state index is 6.50. The van der Waals surface area contributed by atoms with Crippen LogP contribution >= 0.6 is 0 Å². The maximum Gasteiger partial charge on any atom is 0.176 e. The Kier molecular flexibility index (Phi) is 34.1. The summed E-state index contributed by atoms with van der Waals surface area (Å²) in [5.41, 5.74) is 10.2. The smallest absolute Gasteiger partial charge is 0.176 e. The molecule has 22 aliphatic rings. The van der Waals surface area contributed by atoms with E-state index in [9.17, 15) is 0 Å². The number of hydrogen-bond acceptors (Lipinski definition) is 14. The summed E-state index contributed by atoms with van der Waals surface area (Å²) in [5, 5.41) is 0. The van der Waals surface area contributed by atoms with Crippen molar-refractivity contribution in [2.75, 3.05) is 26.4 Å². The van der Waals surface area contributed by atoms with Gasteiger partial charge in [0.25, 0.3) is 0 Å². The molecule has 22 rings (SSSR count). The molecule has 20 aliphatic carbocycles. The van der Waals surface area contributed by atoms with Crippen molar-refractivity contribution in [2.24, 2.45) is 196 Å². The predicted octanol–water partition coefficient (Wildman–Crippen LogP) is 36.1. The lowest BCUT2D eigenvalue weighted by Gasteiger charge is -2.59. The standard InChI is InChI=1S/2C29H50O2.C27H44O4.C26H42O4.C25H40O2/c2*1-9-10-20(3)23-13-14-24-22-12-11-21-17-19(2)15-16-28(21,7)25(22)18-26(29(23,24)8)30-31-27(4,5)6;1-18-10-12-25(5)19(16-18)8-9-20-21-11-13-27(28-14-7-15-29-27)26(21,6)23(17-22(20)25)30-31-24(2,3)4;1-17-9-11-24(5)18(15-17)7-8-19-20-10-12-26(27-13-14-28-26)25(20,6)22(16-21(19)24)29-30-23(2,3)4;1-16-12-13-24(6)18(14-16)9-10-19-20-11-8-17(2)25(20,7)22(15-21(19)24)26-27-23(3,4)5/h2*18-24,26H,9-17H2,1-8H3;17-21,23H,7-16H2,1-6H3;16-20,22H,7-15H2,1-6H3;15-16,18-20,22H,2,8-14H2,1,3-7H3/t2*19-,20-,21-,22+,23-,24+,26?,28+,29-;18-,19-,20+,21+,23?,25+,26-;17-,18-,19+,20+,22?,24+,25-;16-,18-,19+,20+,22?,24+,25-/m11111/s1. The molecule has 0 radical (unpaired) electrons. The van der Waals surface area contributed by atoms with Crippen LogP contribution in [0.25, 0.3) is 0 Å². The number of fused-ring (bicyclic) bond motifs is 27. The third kappa shape index (κ3) is 21.3. The molecule has 150 heavy (non-hydrogen) atoms. The van der Waals surface area contributed by atoms with Gasteiger partial charge >= 0.3 is 0 Å². The molecule has 14 heteroatoms. The van der Waals surface area contributed by atoms with Crippen LogP contribution in [0.3, 0.4) is 0 Å². The van der Waals surface area contributed by atoms with Gasteiger partial charge in [-0.05, 0) is 491 Å². The van der Waals surface area contributed by atoms with Gasteiger partial charge in [0.05, 0.1) is 65.3 Å². The van der Waals surface area contributed by atoms with Crippen LogP contribution in [0.1, 0.15) is 492 Å². The highest BCUT2D eigenvalue weighted by molar-refractivity contribution is 5.40. The van der Waals surface area contributed by atoms with Crippen molar-refractivity contribution in [1.82, 2.24) is 0 Å². The average Bonchev–Trinajstić information content (AvgIpc) is 1.51. The molecule has 0 amide bonds. The first-order valence-electron chi connectivity index (χ1n) is 63.8. The van der Waals surface area contributed by atoms with Crippen LogP contribution in [0.5, 0.6) is 0 Å². The normalized spacial score (nSPS) is 46.7. The van der Waals surface area contributed by atoms with Crippen LogP contribution in [-0.2, 0) is 67.8 Å². The molecule has 39 atom stereocenters. The third-order valence-corrected chi connectivity index (χ3v) is 48.6. The van der Waals surface area contributed by atoms with Crippen LogP contribution in [0, 0.1) is 196 Å². The van der Waals surface area contributed by atoms with Gasteiger partial charge in [-0.15, -0.1) is 0 Å². The van der Waals surface area contributed by atoms with E-state index in [1.165, 1.54) is 224 Å². The summed E-state index contributed by atoms with van der Waals surface area (Å²) in [6, 6.07) is 0. The Morgan fingerprint density at radius 2 is 0.560 bits per heavy atom. The summed E-state index contributed by atoms with van der Waals surface area (Å²) >= 11 is 0. The van der Waals surface area contributed by atoms with Crippen LogP contribution in [0.2, 0.25) is 0 Å². The van der Waals surface area contributed by atoms with Gasteiger partial charge in [-0.1, -0.05) is 228 Å². The van der Waals surface area contributed by atoms with Gasteiger partial charge in [-0.2, -0.15) is 0 Å². The molecule has 2 saturated heterocycles. The fraction of sp³-hybridized carbons (Fsp3) is 0.912. The largest absolute Gasteiger partial charge is 0.349 e. The third-order valence-electron chi connectivity index (χ3n) is 48.6. The Labute approximate surface area is 917 Å². The zero-order chi connectivity index (χ0) is 108. The molecular weight excluding hydrogens is 1860 g/mol. The Bertz CT molecular complexity index is 4660. The van der Waals surface area contributed by atoms with Gasteiger partial charge in [0.15, 0.2) is 11.6 Å². The van der Waals surface area contributed by atoms with E-state index in [1.807, 2.05) is 0 Å². The quantitative estimate of drug-likeness (QED) is 0.0826. The average molecular weight is 2090 g/mol. The van der Waals surface area contributed by atoms with Crippen molar-refractivity contribution in [3.05, 3.63) is 70.4 Å². The van der Waals surface area contributed by atoms with Crippen LogP contribution in [-0.4, -0.2) is 96.5 Å². The Hall–Kier alpha value is -2.12. The molecule has 0 N–H and O–H groups in total. The zero-order valence-corrected chi connectivity index (χ0v) is 103. The van der Waals surface area contributed by atoms with E-state index >= 15 is 0 Å². The molecular formula is C136H226O14. The van der Waals surface area contributed by atoms with Gasteiger partial charge in [0.1, 0.15) is 30.5 Å². The van der Waals surface area contributed by atoms with Crippen molar-refractivity contribution >= 4 is 0 Å². The van der Waals surface area contributed by atoms with Crippen LogP contribution in [0.4, 0.5) is 0 Å². The number of rotatable bonds is 16. The minimum Gasteiger partial charge on any atom is -0.349 e. The minimum absolute atomic E-state index is 0.00194. The Morgan fingerprint density at radius 3 is 0.853 bits per heavy atom. The lowest BCUT2D eigenvalue weighted by atomic mass is 9.47.